The molecule has 0 saturated heterocycles. The molecule has 0 saturated carbocycles. The standard InChI is InChI=1S/C31H28O11/c1-16(32)38-15-27-29(19-7-10-23(40-17(2)33)26(13-19)37-5)41-24-11-8-20-28(34)21(14-39-30(20)31(24)42-27)18-6-9-22(35-3)25(12-18)36-4/h6-14,27,29H,15H2,1-5H3/t27-,29+/m0/s1. The van der Waals surface area contributed by atoms with Crippen LogP contribution >= 0.6 is 0 Å². The summed E-state index contributed by atoms with van der Waals surface area (Å²) in [6.45, 7) is 2.42. The lowest BCUT2D eigenvalue weighted by Gasteiger charge is -2.34. The zero-order valence-electron chi connectivity index (χ0n) is 23.5. The van der Waals surface area contributed by atoms with Crippen LogP contribution in [0.15, 0.2) is 64.0 Å². The highest BCUT2D eigenvalue weighted by atomic mass is 16.6. The van der Waals surface area contributed by atoms with Gasteiger partial charge in [-0.2, -0.15) is 0 Å². The average Bonchev–Trinajstić information content (AvgIpc) is 2.99. The molecule has 5 rings (SSSR count). The van der Waals surface area contributed by atoms with Gasteiger partial charge < -0.3 is 37.6 Å². The van der Waals surface area contributed by atoms with Crippen molar-refractivity contribution in [2.75, 3.05) is 27.9 Å². The maximum absolute atomic E-state index is 13.6. The fourth-order valence-corrected chi connectivity index (χ4v) is 4.69. The van der Waals surface area contributed by atoms with E-state index in [2.05, 4.69) is 0 Å². The molecule has 11 heteroatoms. The predicted molar refractivity (Wildman–Crippen MR) is 150 cm³/mol. The molecule has 0 amide bonds. The van der Waals surface area contributed by atoms with Gasteiger partial charge in [-0.05, 0) is 42.0 Å². The zero-order valence-corrected chi connectivity index (χ0v) is 23.5. The van der Waals surface area contributed by atoms with Gasteiger partial charge in [0.15, 0.2) is 46.5 Å². The number of ether oxygens (including phenoxy) is 7. The van der Waals surface area contributed by atoms with E-state index in [0.717, 1.165) is 0 Å². The normalized spacial score (nSPS) is 15.5. The first-order chi connectivity index (χ1) is 20.2. The summed E-state index contributed by atoms with van der Waals surface area (Å²) in [5.41, 5.74) is 1.39. The van der Waals surface area contributed by atoms with E-state index in [-0.39, 0.29) is 34.5 Å². The Morgan fingerprint density at radius 2 is 1.52 bits per heavy atom. The molecule has 42 heavy (non-hydrogen) atoms. The summed E-state index contributed by atoms with van der Waals surface area (Å²) in [5, 5.41) is 0.265. The maximum atomic E-state index is 13.6. The molecule has 4 aromatic rings. The van der Waals surface area contributed by atoms with Gasteiger partial charge in [0.2, 0.25) is 11.2 Å². The van der Waals surface area contributed by atoms with Gasteiger partial charge in [0.25, 0.3) is 0 Å². The number of methoxy groups -OCH3 is 3. The predicted octanol–water partition coefficient (Wildman–Crippen LogP) is 4.86. The molecule has 0 spiro atoms. The fraction of sp³-hybridized carbons (Fsp3) is 0.258. The Hall–Kier alpha value is -5.19. The van der Waals surface area contributed by atoms with Crippen molar-refractivity contribution in [1.29, 1.82) is 0 Å². The highest BCUT2D eigenvalue weighted by molar-refractivity contribution is 5.88. The molecule has 0 aliphatic carbocycles. The molecule has 0 bridgehead atoms. The molecule has 1 aliphatic heterocycles. The van der Waals surface area contributed by atoms with Gasteiger partial charge in [-0.25, -0.2) is 0 Å². The summed E-state index contributed by atoms with van der Waals surface area (Å²) in [5.74, 6) is 1.04. The lowest BCUT2D eigenvalue weighted by molar-refractivity contribution is -0.145. The van der Waals surface area contributed by atoms with Crippen molar-refractivity contribution < 1.29 is 47.2 Å². The number of fused-ring (bicyclic) bond motifs is 3. The van der Waals surface area contributed by atoms with E-state index in [1.165, 1.54) is 41.4 Å². The molecular formula is C31H28O11. The average molecular weight is 577 g/mol. The van der Waals surface area contributed by atoms with Crippen LogP contribution in [0.4, 0.5) is 0 Å². The number of hydrogen-bond donors (Lipinski definition) is 0. The van der Waals surface area contributed by atoms with Gasteiger partial charge in [0, 0.05) is 19.4 Å². The molecule has 0 radical (unpaired) electrons. The minimum absolute atomic E-state index is 0.155. The van der Waals surface area contributed by atoms with Gasteiger partial charge in [-0.15, -0.1) is 0 Å². The Labute approximate surface area is 240 Å². The summed E-state index contributed by atoms with van der Waals surface area (Å²) < 4.78 is 45.1. The largest absolute Gasteiger partial charge is 0.493 e. The smallest absolute Gasteiger partial charge is 0.308 e. The van der Waals surface area contributed by atoms with Crippen molar-refractivity contribution in [1.82, 2.24) is 0 Å². The summed E-state index contributed by atoms with van der Waals surface area (Å²) in [4.78, 5) is 36.7. The molecule has 218 valence electrons. The maximum Gasteiger partial charge on any atom is 0.308 e. The monoisotopic (exact) mass is 576 g/mol. The Morgan fingerprint density at radius 1 is 0.810 bits per heavy atom. The number of rotatable bonds is 8. The summed E-state index contributed by atoms with van der Waals surface area (Å²) in [6, 6.07) is 13.3. The van der Waals surface area contributed by atoms with Gasteiger partial charge in [0.1, 0.15) is 12.9 Å². The van der Waals surface area contributed by atoms with Crippen LogP contribution in [0.1, 0.15) is 25.5 Å². The number of carbonyl (C=O) groups is 2. The SMILES string of the molecule is COc1ccc(-c2coc3c4c(ccc3c2=O)O[C@H](c2ccc(OC(C)=O)c(OC)c2)[C@H](COC(C)=O)O4)cc1OC. The van der Waals surface area contributed by atoms with Gasteiger partial charge >= 0.3 is 11.9 Å². The fourth-order valence-electron chi connectivity index (χ4n) is 4.69. The number of esters is 2. The van der Waals surface area contributed by atoms with Crippen molar-refractivity contribution in [2.24, 2.45) is 0 Å². The summed E-state index contributed by atoms with van der Waals surface area (Å²) in [7, 11) is 4.49. The van der Waals surface area contributed by atoms with E-state index in [1.807, 2.05) is 0 Å². The Balaban J connectivity index is 1.56. The molecule has 3 aromatic carbocycles. The molecule has 0 unspecified atom stereocenters. The van der Waals surface area contributed by atoms with Gasteiger partial charge in [-0.3, -0.25) is 14.4 Å². The molecule has 11 nitrogen and oxygen atoms in total. The number of carbonyl (C=O) groups excluding carboxylic acids is 2. The first kappa shape index (κ1) is 28.3. The Morgan fingerprint density at radius 3 is 2.21 bits per heavy atom. The van der Waals surface area contributed by atoms with E-state index < -0.39 is 24.1 Å². The van der Waals surface area contributed by atoms with Crippen LogP contribution in [0.5, 0.6) is 34.5 Å². The van der Waals surface area contributed by atoms with E-state index >= 15 is 0 Å². The third kappa shape index (κ3) is 5.40. The van der Waals surface area contributed by atoms with Crippen LogP contribution < -0.4 is 33.8 Å². The van der Waals surface area contributed by atoms with Gasteiger partial charge in [0.05, 0.1) is 32.3 Å². The number of hydrogen-bond acceptors (Lipinski definition) is 11. The molecule has 2 atom stereocenters. The molecule has 1 aromatic heterocycles. The van der Waals surface area contributed by atoms with Crippen molar-refractivity contribution in [3.63, 3.8) is 0 Å². The molecular weight excluding hydrogens is 548 g/mol. The van der Waals surface area contributed by atoms with Crippen molar-refractivity contribution >= 4 is 22.9 Å². The van der Waals surface area contributed by atoms with E-state index in [9.17, 15) is 14.4 Å². The van der Waals surface area contributed by atoms with E-state index in [0.29, 0.717) is 39.7 Å². The topological polar surface area (TPSA) is 129 Å². The third-order valence-electron chi connectivity index (χ3n) is 6.64. The van der Waals surface area contributed by atoms with Crippen molar-refractivity contribution in [2.45, 2.75) is 26.1 Å². The second-order valence-corrected chi connectivity index (χ2v) is 9.32. The zero-order chi connectivity index (χ0) is 30.0. The van der Waals surface area contributed by atoms with Gasteiger partial charge in [-0.1, -0.05) is 12.1 Å². The lowest BCUT2D eigenvalue weighted by Crippen LogP contribution is -2.37. The minimum atomic E-state index is -0.827. The highest BCUT2D eigenvalue weighted by Gasteiger charge is 2.36. The molecule has 0 fully saturated rings. The summed E-state index contributed by atoms with van der Waals surface area (Å²) >= 11 is 0. The van der Waals surface area contributed by atoms with E-state index in [4.69, 9.17) is 37.6 Å². The Bertz CT molecular complexity index is 1720. The minimum Gasteiger partial charge on any atom is -0.493 e. The molecule has 0 N–H and O–H groups in total. The first-order valence-electron chi connectivity index (χ1n) is 12.9. The lowest BCUT2D eigenvalue weighted by atomic mass is 10.0. The van der Waals surface area contributed by atoms with Crippen LogP contribution in [0, 0.1) is 0 Å². The second kappa shape index (κ2) is 11.7. The second-order valence-electron chi connectivity index (χ2n) is 9.32. The van der Waals surface area contributed by atoms with Crippen LogP contribution in [-0.2, 0) is 14.3 Å². The quantitative estimate of drug-likeness (QED) is 0.211. The van der Waals surface area contributed by atoms with Crippen LogP contribution in [0.3, 0.4) is 0 Å². The molecule has 2 heterocycles. The highest BCUT2D eigenvalue weighted by Crippen LogP contribution is 2.45. The van der Waals surface area contributed by atoms with Crippen molar-refractivity contribution in [3.8, 4) is 45.6 Å². The molecule has 1 aliphatic rings. The number of benzene rings is 3. The van der Waals surface area contributed by atoms with Crippen molar-refractivity contribution in [3.05, 3.63) is 70.6 Å². The first-order valence-corrected chi connectivity index (χ1v) is 12.9. The third-order valence-corrected chi connectivity index (χ3v) is 6.64. The van der Waals surface area contributed by atoms with Crippen LogP contribution in [0.25, 0.3) is 22.1 Å². The van der Waals surface area contributed by atoms with E-state index in [1.54, 1.807) is 48.5 Å². The van der Waals surface area contributed by atoms with Crippen LogP contribution in [0.2, 0.25) is 0 Å². The van der Waals surface area contributed by atoms with Crippen LogP contribution in [-0.4, -0.2) is 46.0 Å². The summed E-state index contributed by atoms with van der Waals surface area (Å²) in [6.07, 6.45) is -0.235. The Kier molecular flexibility index (Phi) is 7.92.